The Kier molecular flexibility index (Phi) is 6.37. The van der Waals surface area contributed by atoms with Crippen molar-refractivity contribution in [3.05, 3.63) is 95.3 Å². The van der Waals surface area contributed by atoms with Crippen LogP contribution < -0.4 is 10.1 Å². The number of anilines is 1. The van der Waals surface area contributed by atoms with Gasteiger partial charge in [-0.15, -0.1) is 0 Å². The van der Waals surface area contributed by atoms with Gasteiger partial charge in [0.25, 0.3) is 5.91 Å². The van der Waals surface area contributed by atoms with Gasteiger partial charge in [-0.05, 0) is 86.6 Å². The van der Waals surface area contributed by atoms with Crippen LogP contribution in [0.5, 0.6) is 5.75 Å². The molecule has 0 unspecified atom stereocenters. The molecular weight excluding hydrogens is 385 g/mol. The molecule has 3 aromatic rings. The molecule has 3 aromatic carbocycles. The predicted octanol–water partition coefficient (Wildman–Crippen LogP) is 4.67. The van der Waals surface area contributed by atoms with Gasteiger partial charge in [-0.2, -0.15) is 0 Å². The van der Waals surface area contributed by atoms with Gasteiger partial charge in [0.15, 0.2) is 17.7 Å². The van der Waals surface area contributed by atoms with Crippen LogP contribution in [0.2, 0.25) is 0 Å². The van der Waals surface area contributed by atoms with Gasteiger partial charge in [-0.1, -0.05) is 0 Å². The Labute approximate surface area is 173 Å². The number of rotatable bonds is 7. The Morgan fingerprint density at radius 3 is 1.83 bits per heavy atom. The Bertz CT molecular complexity index is 1060. The summed E-state index contributed by atoms with van der Waals surface area (Å²) in [7, 11) is 0. The van der Waals surface area contributed by atoms with Gasteiger partial charge in [-0.25, -0.2) is 4.39 Å². The highest BCUT2D eigenvalue weighted by Crippen LogP contribution is 2.18. The smallest absolute Gasteiger partial charge is 0.265 e. The molecule has 152 valence electrons. The zero-order chi connectivity index (χ0) is 21.7. The number of amides is 1. The van der Waals surface area contributed by atoms with E-state index in [4.69, 9.17) is 4.74 Å². The predicted molar refractivity (Wildman–Crippen MR) is 111 cm³/mol. The fourth-order valence-electron chi connectivity index (χ4n) is 2.74. The van der Waals surface area contributed by atoms with Crippen LogP contribution >= 0.6 is 0 Å². The van der Waals surface area contributed by atoms with Gasteiger partial charge < -0.3 is 10.1 Å². The lowest BCUT2D eigenvalue weighted by molar-refractivity contribution is -0.122. The molecular formula is C24H20FNO4. The second-order valence-electron chi connectivity index (χ2n) is 6.74. The number of nitrogens with one attached hydrogen (secondary N) is 1. The second kappa shape index (κ2) is 9.13. The van der Waals surface area contributed by atoms with E-state index in [1.807, 2.05) is 0 Å². The Morgan fingerprint density at radius 2 is 1.30 bits per heavy atom. The number of ether oxygens (including phenoxy) is 1. The van der Waals surface area contributed by atoms with Crippen LogP contribution in [-0.4, -0.2) is 23.6 Å². The highest BCUT2D eigenvalue weighted by atomic mass is 19.1. The quantitative estimate of drug-likeness (QED) is 0.580. The van der Waals surface area contributed by atoms with Crippen LogP contribution in [0.25, 0.3) is 0 Å². The third-order valence-corrected chi connectivity index (χ3v) is 4.46. The summed E-state index contributed by atoms with van der Waals surface area (Å²) in [6, 6.07) is 18.3. The lowest BCUT2D eigenvalue weighted by Crippen LogP contribution is -2.30. The molecule has 0 saturated carbocycles. The number of benzene rings is 3. The zero-order valence-electron chi connectivity index (χ0n) is 16.5. The highest BCUT2D eigenvalue weighted by Gasteiger charge is 2.16. The number of ketones is 2. The third-order valence-electron chi connectivity index (χ3n) is 4.46. The summed E-state index contributed by atoms with van der Waals surface area (Å²) in [4.78, 5) is 36.1. The largest absolute Gasteiger partial charge is 0.481 e. The van der Waals surface area contributed by atoms with Crippen LogP contribution in [0.3, 0.4) is 0 Å². The van der Waals surface area contributed by atoms with Crippen molar-refractivity contribution in [1.82, 2.24) is 0 Å². The minimum atomic E-state index is -0.781. The molecule has 0 heterocycles. The third kappa shape index (κ3) is 5.17. The Hall–Kier alpha value is -3.80. The minimum absolute atomic E-state index is 0.0501. The van der Waals surface area contributed by atoms with E-state index in [0.29, 0.717) is 28.1 Å². The van der Waals surface area contributed by atoms with Gasteiger partial charge in [0.1, 0.15) is 11.6 Å². The molecule has 0 radical (unpaired) electrons. The van der Waals surface area contributed by atoms with E-state index in [9.17, 15) is 18.8 Å². The lowest BCUT2D eigenvalue weighted by atomic mass is 10.0. The number of hydrogen-bond acceptors (Lipinski definition) is 4. The van der Waals surface area contributed by atoms with Crippen LogP contribution in [0.1, 0.15) is 40.1 Å². The molecule has 1 N–H and O–H groups in total. The molecule has 1 atom stereocenters. The Balaban J connectivity index is 1.60. The first kappa shape index (κ1) is 20.9. The van der Waals surface area contributed by atoms with E-state index >= 15 is 0 Å². The van der Waals surface area contributed by atoms with Crippen molar-refractivity contribution in [1.29, 1.82) is 0 Å². The van der Waals surface area contributed by atoms with Gasteiger partial charge in [0.2, 0.25) is 0 Å². The molecule has 3 rings (SSSR count). The summed E-state index contributed by atoms with van der Waals surface area (Å²) in [5.74, 6) is -0.609. The van der Waals surface area contributed by atoms with Crippen molar-refractivity contribution >= 4 is 23.2 Å². The summed E-state index contributed by atoms with van der Waals surface area (Å²) >= 11 is 0. The molecule has 0 saturated heterocycles. The summed E-state index contributed by atoms with van der Waals surface area (Å²) in [6.45, 7) is 3.08. The molecule has 0 aliphatic heterocycles. The zero-order valence-corrected chi connectivity index (χ0v) is 16.5. The number of Topliss-reactive ketones (excluding diaryl/α,β-unsaturated/α-hetero) is 1. The van der Waals surface area contributed by atoms with E-state index in [0.717, 1.165) is 0 Å². The normalized spacial score (nSPS) is 11.4. The molecule has 6 heteroatoms. The van der Waals surface area contributed by atoms with E-state index in [1.165, 1.54) is 31.2 Å². The SMILES string of the molecule is CC(=O)c1ccc(NC(=O)[C@H](C)Oc2ccc(C(=O)c3ccc(F)cc3)cc2)cc1. The number of carbonyl (C=O) groups is 3. The topological polar surface area (TPSA) is 72.5 Å². The molecule has 1 amide bonds. The number of carbonyl (C=O) groups excluding carboxylic acids is 3. The molecule has 0 aliphatic carbocycles. The molecule has 0 spiro atoms. The maximum Gasteiger partial charge on any atom is 0.265 e. The van der Waals surface area contributed by atoms with Crippen molar-refractivity contribution in [3.8, 4) is 5.75 Å². The molecule has 0 aliphatic rings. The average Bonchev–Trinajstić information content (AvgIpc) is 2.74. The maximum absolute atomic E-state index is 13.0. The second-order valence-corrected chi connectivity index (χ2v) is 6.74. The van der Waals surface area contributed by atoms with E-state index in [-0.39, 0.29) is 17.5 Å². The summed E-state index contributed by atoms with van der Waals surface area (Å²) < 4.78 is 18.6. The first-order valence-electron chi connectivity index (χ1n) is 9.32. The maximum atomic E-state index is 13.0. The lowest BCUT2D eigenvalue weighted by Gasteiger charge is -2.15. The monoisotopic (exact) mass is 405 g/mol. The molecule has 30 heavy (non-hydrogen) atoms. The van der Waals surface area contributed by atoms with Crippen LogP contribution in [0, 0.1) is 5.82 Å². The fourth-order valence-corrected chi connectivity index (χ4v) is 2.74. The van der Waals surface area contributed by atoms with Gasteiger partial charge in [0, 0.05) is 22.4 Å². The highest BCUT2D eigenvalue weighted by molar-refractivity contribution is 6.09. The van der Waals surface area contributed by atoms with Crippen molar-refractivity contribution < 1.29 is 23.5 Å². The van der Waals surface area contributed by atoms with Gasteiger partial charge in [-0.3, -0.25) is 14.4 Å². The summed E-state index contributed by atoms with van der Waals surface area (Å²) in [6.07, 6.45) is -0.781. The Morgan fingerprint density at radius 1 is 0.800 bits per heavy atom. The first-order valence-corrected chi connectivity index (χ1v) is 9.32. The van der Waals surface area contributed by atoms with E-state index < -0.39 is 11.9 Å². The molecule has 0 aromatic heterocycles. The van der Waals surface area contributed by atoms with E-state index in [1.54, 1.807) is 55.5 Å². The van der Waals surface area contributed by atoms with Gasteiger partial charge >= 0.3 is 0 Å². The van der Waals surface area contributed by atoms with Crippen molar-refractivity contribution in [2.45, 2.75) is 20.0 Å². The average molecular weight is 405 g/mol. The molecule has 0 fully saturated rings. The van der Waals surface area contributed by atoms with Crippen molar-refractivity contribution in [3.63, 3.8) is 0 Å². The number of halogens is 1. The van der Waals surface area contributed by atoms with Crippen LogP contribution in [-0.2, 0) is 4.79 Å². The van der Waals surface area contributed by atoms with Crippen molar-refractivity contribution in [2.75, 3.05) is 5.32 Å². The molecule has 0 bridgehead atoms. The van der Waals surface area contributed by atoms with Crippen molar-refractivity contribution in [2.24, 2.45) is 0 Å². The molecule has 5 nitrogen and oxygen atoms in total. The summed E-state index contributed by atoms with van der Waals surface area (Å²) in [5, 5.41) is 2.72. The van der Waals surface area contributed by atoms with Gasteiger partial charge in [0.05, 0.1) is 0 Å². The summed E-state index contributed by atoms with van der Waals surface area (Å²) in [5.41, 5.74) is 1.93. The van der Waals surface area contributed by atoms with Crippen LogP contribution in [0.4, 0.5) is 10.1 Å². The van der Waals surface area contributed by atoms with Crippen LogP contribution in [0.15, 0.2) is 72.8 Å². The van der Waals surface area contributed by atoms with E-state index in [2.05, 4.69) is 5.32 Å². The number of hydrogen-bond donors (Lipinski definition) is 1. The fraction of sp³-hybridized carbons (Fsp3) is 0.125. The minimum Gasteiger partial charge on any atom is -0.481 e. The first-order chi connectivity index (χ1) is 14.3. The standard InChI is InChI=1S/C24H20FNO4/c1-15(27)17-5-11-21(12-6-17)26-24(29)16(2)30-22-13-7-19(8-14-22)23(28)18-3-9-20(25)10-4-18/h3-14,16H,1-2H3,(H,26,29)/t16-/m0/s1.